The first-order valence-electron chi connectivity index (χ1n) is 9.18. The summed E-state index contributed by atoms with van der Waals surface area (Å²) in [5.41, 5.74) is 3.37. The average Bonchev–Trinajstić information content (AvgIpc) is 2.72. The maximum atomic E-state index is 12.4. The highest BCUT2D eigenvalue weighted by molar-refractivity contribution is 8.00. The van der Waals surface area contributed by atoms with Crippen LogP contribution in [0.4, 0.5) is 10.5 Å². The lowest BCUT2D eigenvalue weighted by Gasteiger charge is -2.11. The number of aromatic nitrogens is 1. The van der Waals surface area contributed by atoms with E-state index < -0.39 is 6.03 Å². The lowest BCUT2D eigenvalue weighted by molar-refractivity contribution is -0.117. The monoisotopic (exact) mass is 401 g/mol. The zero-order chi connectivity index (χ0) is 20.2. The van der Waals surface area contributed by atoms with Crippen LogP contribution in [-0.4, -0.2) is 22.7 Å². The Kier molecular flexibility index (Phi) is 5.44. The number of pyridine rings is 1. The number of hydrogen-bond acceptors (Lipinski definition) is 4. The number of hydrogen-bond donors (Lipinski definition) is 2. The van der Waals surface area contributed by atoms with E-state index in [9.17, 15) is 9.59 Å². The van der Waals surface area contributed by atoms with Crippen molar-refractivity contribution in [3.8, 4) is 0 Å². The van der Waals surface area contributed by atoms with Crippen LogP contribution in [0, 0.1) is 6.92 Å². The minimum atomic E-state index is -0.533. The first-order chi connectivity index (χ1) is 14.1. The van der Waals surface area contributed by atoms with Gasteiger partial charge in [0.25, 0.3) is 0 Å². The third kappa shape index (κ3) is 4.22. The van der Waals surface area contributed by atoms with Crippen LogP contribution in [-0.2, 0) is 4.79 Å². The molecule has 0 aliphatic heterocycles. The molecule has 1 aromatic heterocycles. The van der Waals surface area contributed by atoms with Gasteiger partial charge in [0.15, 0.2) is 0 Å². The van der Waals surface area contributed by atoms with E-state index in [1.54, 1.807) is 6.07 Å². The zero-order valence-corrected chi connectivity index (χ0v) is 16.6. The second-order valence-electron chi connectivity index (χ2n) is 6.58. The fraction of sp³-hybridized carbons (Fsp3) is 0.0870. The van der Waals surface area contributed by atoms with Gasteiger partial charge in [-0.15, -0.1) is 11.8 Å². The van der Waals surface area contributed by atoms with Crippen LogP contribution in [0.25, 0.3) is 21.8 Å². The molecule has 6 heteroatoms. The largest absolute Gasteiger partial charge is 0.325 e. The third-order valence-corrected chi connectivity index (χ3v) is 5.67. The number of rotatable bonds is 4. The smallest absolute Gasteiger partial charge is 0.307 e. The van der Waals surface area contributed by atoms with Crippen molar-refractivity contribution < 1.29 is 9.59 Å². The summed E-state index contributed by atoms with van der Waals surface area (Å²) in [7, 11) is 0. The molecule has 5 nitrogen and oxygen atoms in total. The predicted octanol–water partition coefficient (Wildman–Crippen LogP) is 5.14. The molecule has 144 valence electrons. The molecule has 0 bridgehead atoms. The minimum Gasteiger partial charge on any atom is -0.307 e. The van der Waals surface area contributed by atoms with Crippen LogP contribution in [0.1, 0.15) is 5.56 Å². The van der Waals surface area contributed by atoms with Gasteiger partial charge in [0.2, 0.25) is 5.91 Å². The number of carbonyl (C=O) groups is 2. The van der Waals surface area contributed by atoms with Gasteiger partial charge in [-0.1, -0.05) is 54.6 Å². The number of aryl methyl sites for hydroxylation is 1. The highest BCUT2D eigenvalue weighted by atomic mass is 32.2. The molecule has 0 spiro atoms. The summed E-state index contributed by atoms with van der Waals surface area (Å²) in [4.78, 5) is 30.2. The van der Waals surface area contributed by atoms with Gasteiger partial charge in [0.1, 0.15) is 0 Å². The van der Waals surface area contributed by atoms with E-state index in [4.69, 9.17) is 4.98 Å². The van der Waals surface area contributed by atoms with Gasteiger partial charge in [-0.25, -0.2) is 9.78 Å². The predicted molar refractivity (Wildman–Crippen MR) is 118 cm³/mol. The van der Waals surface area contributed by atoms with Crippen molar-refractivity contribution in [3.05, 3.63) is 78.4 Å². The Balaban J connectivity index is 1.49. The van der Waals surface area contributed by atoms with Crippen LogP contribution >= 0.6 is 11.8 Å². The van der Waals surface area contributed by atoms with Crippen molar-refractivity contribution >= 4 is 51.2 Å². The molecule has 3 amide bonds. The van der Waals surface area contributed by atoms with Crippen LogP contribution in [0.5, 0.6) is 0 Å². The van der Waals surface area contributed by atoms with Crippen LogP contribution in [0.2, 0.25) is 0 Å². The van der Waals surface area contributed by atoms with Gasteiger partial charge in [-0.2, -0.15) is 0 Å². The molecule has 0 unspecified atom stereocenters. The number of nitrogens with zero attached hydrogens (tertiary/aromatic N) is 1. The van der Waals surface area contributed by atoms with E-state index in [2.05, 4.69) is 10.6 Å². The number of imide groups is 1. The molecule has 1 heterocycles. The Morgan fingerprint density at radius 1 is 0.862 bits per heavy atom. The second-order valence-corrected chi connectivity index (χ2v) is 7.57. The van der Waals surface area contributed by atoms with Crippen LogP contribution in [0.3, 0.4) is 0 Å². The fourth-order valence-corrected chi connectivity index (χ4v) is 4.13. The summed E-state index contributed by atoms with van der Waals surface area (Å²) >= 11 is 1.41. The number of urea groups is 1. The molecule has 0 fully saturated rings. The van der Waals surface area contributed by atoms with Crippen molar-refractivity contribution in [1.29, 1.82) is 0 Å². The lowest BCUT2D eigenvalue weighted by Crippen LogP contribution is -2.35. The Hall–Kier alpha value is -3.38. The van der Waals surface area contributed by atoms with E-state index in [1.807, 2.05) is 73.7 Å². The van der Waals surface area contributed by atoms with Crippen LogP contribution in [0.15, 0.2) is 77.7 Å². The molecule has 29 heavy (non-hydrogen) atoms. The van der Waals surface area contributed by atoms with Gasteiger partial charge < -0.3 is 5.32 Å². The van der Waals surface area contributed by atoms with Gasteiger partial charge in [0, 0.05) is 21.4 Å². The summed E-state index contributed by atoms with van der Waals surface area (Å²) in [5, 5.41) is 7.09. The van der Waals surface area contributed by atoms with Gasteiger partial charge in [0.05, 0.1) is 16.8 Å². The Bertz CT molecular complexity index is 1170. The maximum Gasteiger partial charge on any atom is 0.325 e. The minimum absolute atomic E-state index is 0.124. The molecule has 0 saturated carbocycles. The molecule has 4 aromatic rings. The number of thioether (sulfide) groups is 1. The van der Waals surface area contributed by atoms with Crippen molar-refractivity contribution in [3.63, 3.8) is 0 Å². The molecule has 0 aliphatic carbocycles. The van der Waals surface area contributed by atoms with Crippen molar-refractivity contribution in [2.24, 2.45) is 0 Å². The molecule has 0 saturated heterocycles. The van der Waals surface area contributed by atoms with E-state index in [0.29, 0.717) is 5.69 Å². The number of para-hydroxylation sites is 3. The molecular formula is C23H19N3O2S. The SMILES string of the molecule is Cc1ccccc1NC(=O)NC(=O)CSc1c2ccccc2nc2ccccc12. The fourth-order valence-electron chi connectivity index (χ4n) is 3.12. The molecule has 4 rings (SSSR count). The van der Waals surface area contributed by atoms with Gasteiger partial charge in [-0.05, 0) is 30.7 Å². The Morgan fingerprint density at radius 3 is 2.10 bits per heavy atom. The first kappa shape index (κ1) is 19.0. The maximum absolute atomic E-state index is 12.4. The third-order valence-electron chi connectivity index (χ3n) is 4.53. The summed E-state index contributed by atoms with van der Waals surface area (Å²) in [6, 6.07) is 22.6. The van der Waals surface area contributed by atoms with Gasteiger partial charge >= 0.3 is 6.03 Å². The Labute approximate surface area is 172 Å². The van der Waals surface area contributed by atoms with Crippen LogP contribution < -0.4 is 10.6 Å². The summed E-state index contributed by atoms with van der Waals surface area (Å²) < 4.78 is 0. The number of fused-ring (bicyclic) bond motifs is 2. The molecule has 0 radical (unpaired) electrons. The highest BCUT2D eigenvalue weighted by Gasteiger charge is 2.13. The first-order valence-corrected chi connectivity index (χ1v) is 10.2. The number of benzene rings is 3. The van der Waals surface area contributed by atoms with Crippen molar-refractivity contribution in [2.75, 3.05) is 11.1 Å². The van der Waals surface area contributed by atoms with Gasteiger partial charge in [-0.3, -0.25) is 10.1 Å². The van der Waals surface area contributed by atoms with E-state index in [0.717, 1.165) is 32.3 Å². The van der Waals surface area contributed by atoms with E-state index in [-0.39, 0.29) is 11.7 Å². The number of nitrogens with one attached hydrogen (secondary N) is 2. The zero-order valence-electron chi connectivity index (χ0n) is 15.8. The number of anilines is 1. The lowest BCUT2D eigenvalue weighted by atomic mass is 10.1. The topological polar surface area (TPSA) is 71.1 Å². The molecule has 2 N–H and O–H groups in total. The standard InChI is InChI=1S/C23H19N3O2S/c1-15-8-2-5-11-18(15)25-23(28)26-21(27)14-29-22-16-9-3-6-12-19(16)24-20-13-7-4-10-17(20)22/h2-13H,14H2,1H3,(H2,25,26,27,28). The summed E-state index contributed by atoms with van der Waals surface area (Å²) in [6.07, 6.45) is 0. The average molecular weight is 401 g/mol. The molecule has 3 aromatic carbocycles. The second kappa shape index (κ2) is 8.32. The molecular weight excluding hydrogens is 382 g/mol. The van der Waals surface area contributed by atoms with Crippen molar-refractivity contribution in [1.82, 2.24) is 10.3 Å². The molecule has 0 atom stereocenters. The highest BCUT2D eigenvalue weighted by Crippen LogP contribution is 2.33. The quantitative estimate of drug-likeness (QED) is 0.367. The number of carbonyl (C=O) groups excluding carboxylic acids is 2. The summed E-state index contributed by atoms with van der Waals surface area (Å²) in [5.74, 6) is -0.231. The normalized spacial score (nSPS) is 10.8. The van der Waals surface area contributed by atoms with E-state index >= 15 is 0 Å². The van der Waals surface area contributed by atoms with Crippen molar-refractivity contribution in [2.45, 2.75) is 11.8 Å². The summed E-state index contributed by atoms with van der Waals surface area (Å²) in [6.45, 7) is 1.90. The Morgan fingerprint density at radius 2 is 1.45 bits per heavy atom. The van der Waals surface area contributed by atoms with E-state index in [1.165, 1.54) is 11.8 Å². The number of amides is 3. The molecule has 0 aliphatic rings.